The minimum absolute atomic E-state index is 0.0647. The summed E-state index contributed by atoms with van der Waals surface area (Å²) < 4.78 is 59.7. The third-order valence-electron chi connectivity index (χ3n) is 6.55. The highest BCUT2D eigenvalue weighted by molar-refractivity contribution is 7.89. The average Bonchev–Trinajstić information content (AvgIpc) is 3.28. The molecule has 9 heteroatoms. The molecule has 2 aliphatic rings. The summed E-state index contributed by atoms with van der Waals surface area (Å²) in [5, 5.41) is -0.240. The van der Waals surface area contributed by atoms with Gasteiger partial charge in [-0.05, 0) is 60.4 Å². The lowest BCUT2D eigenvalue weighted by molar-refractivity contribution is 0.165. The molecule has 0 aliphatic carbocycles. The van der Waals surface area contributed by atoms with Crippen LogP contribution < -0.4 is 9.47 Å². The van der Waals surface area contributed by atoms with Gasteiger partial charge in [-0.15, -0.1) is 0 Å². The standard InChI is InChI=1S/C27H27ClFNO5S/c1-18-4-2-3-5-23(18)20-12-21-15-30(36(31,32)22-6-7-25(29)24(28)14-22)9-11-34-27(21)26(13-20)35-17-19-8-10-33-16-19/h2-7,12-14,19H,8-11,15-17H2,1H3/t19-/m0/s1. The van der Waals surface area contributed by atoms with Crippen molar-refractivity contribution >= 4 is 21.6 Å². The van der Waals surface area contributed by atoms with Crippen LogP contribution in [0.5, 0.6) is 11.5 Å². The van der Waals surface area contributed by atoms with Crippen LogP contribution in [0.4, 0.5) is 4.39 Å². The van der Waals surface area contributed by atoms with Gasteiger partial charge in [-0.2, -0.15) is 4.31 Å². The summed E-state index contributed by atoms with van der Waals surface area (Å²) in [6.45, 7) is 4.26. The van der Waals surface area contributed by atoms with Gasteiger partial charge >= 0.3 is 0 Å². The van der Waals surface area contributed by atoms with Gasteiger partial charge in [0.2, 0.25) is 10.0 Å². The van der Waals surface area contributed by atoms with Crippen LogP contribution in [-0.4, -0.2) is 45.7 Å². The first-order chi connectivity index (χ1) is 17.3. The second kappa shape index (κ2) is 10.4. The third kappa shape index (κ3) is 5.09. The Balaban J connectivity index is 1.53. The lowest BCUT2D eigenvalue weighted by Crippen LogP contribution is -2.32. The Kier molecular flexibility index (Phi) is 7.21. The second-order valence-corrected chi connectivity index (χ2v) is 11.4. The predicted octanol–water partition coefficient (Wildman–Crippen LogP) is 5.45. The van der Waals surface area contributed by atoms with Crippen LogP contribution in [0.1, 0.15) is 17.5 Å². The van der Waals surface area contributed by atoms with E-state index in [4.69, 9.17) is 25.8 Å². The van der Waals surface area contributed by atoms with Gasteiger partial charge in [0.15, 0.2) is 11.5 Å². The van der Waals surface area contributed by atoms with Crippen LogP contribution >= 0.6 is 11.6 Å². The highest BCUT2D eigenvalue weighted by Crippen LogP contribution is 2.40. The van der Waals surface area contributed by atoms with Gasteiger partial charge in [0.05, 0.1) is 23.1 Å². The number of halogens is 2. The fourth-order valence-electron chi connectivity index (χ4n) is 4.53. The molecular formula is C27H27ClFNO5S. The molecule has 0 unspecified atom stereocenters. The highest BCUT2D eigenvalue weighted by Gasteiger charge is 2.30. The molecule has 0 radical (unpaired) electrons. The smallest absolute Gasteiger partial charge is 0.243 e. The molecule has 1 atom stereocenters. The quantitative estimate of drug-likeness (QED) is 0.423. The average molecular weight is 532 g/mol. The van der Waals surface area contributed by atoms with E-state index in [0.29, 0.717) is 36.2 Å². The monoisotopic (exact) mass is 531 g/mol. The van der Waals surface area contributed by atoms with Gasteiger partial charge in [-0.25, -0.2) is 12.8 Å². The maximum atomic E-state index is 13.7. The Labute approximate surface area is 215 Å². The molecule has 0 N–H and O–H groups in total. The van der Waals surface area contributed by atoms with Crippen molar-refractivity contribution < 1.29 is 27.0 Å². The second-order valence-electron chi connectivity index (χ2n) is 9.08. The van der Waals surface area contributed by atoms with Crippen LogP contribution in [0.2, 0.25) is 5.02 Å². The number of aryl methyl sites for hydroxylation is 1. The zero-order chi connectivity index (χ0) is 25.3. The zero-order valence-electron chi connectivity index (χ0n) is 19.9. The molecule has 2 aliphatic heterocycles. The summed E-state index contributed by atoms with van der Waals surface area (Å²) in [4.78, 5) is -0.0647. The number of rotatable bonds is 6. The topological polar surface area (TPSA) is 65.1 Å². The molecule has 5 rings (SSSR count). The van der Waals surface area contributed by atoms with E-state index in [2.05, 4.69) is 0 Å². The van der Waals surface area contributed by atoms with Gasteiger partial charge < -0.3 is 14.2 Å². The van der Waals surface area contributed by atoms with Crippen molar-refractivity contribution in [3.8, 4) is 22.6 Å². The van der Waals surface area contributed by atoms with Gasteiger partial charge in [0.1, 0.15) is 12.4 Å². The summed E-state index contributed by atoms with van der Waals surface area (Å²) in [6.07, 6.45) is 0.937. The largest absolute Gasteiger partial charge is 0.489 e. The van der Waals surface area contributed by atoms with Crippen LogP contribution in [-0.2, 0) is 21.3 Å². The van der Waals surface area contributed by atoms with Crippen LogP contribution in [0.15, 0.2) is 59.5 Å². The van der Waals surface area contributed by atoms with E-state index in [9.17, 15) is 12.8 Å². The molecule has 3 aromatic carbocycles. The number of nitrogens with zero attached hydrogens (tertiary/aromatic N) is 1. The molecule has 1 saturated heterocycles. The normalized spacial score (nSPS) is 18.4. The number of benzene rings is 3. The van der Waals surface area contributed by atoms with Gasteiger partial charge in [0.25, 0.3) is 0 Å². The molecule has 1 fully saturated rings. The summed E-state index contributed by atoms with van der Waals surface area (Å²) in [5.41, 5.74) is 3.73. The Morgan fingerprint density at radius 1 is 1.14 bits per heavy atom. The van der Waals surface area contributed by atoms with Crippen molar-refractivity contribution in [1.29, 1.82) is 0 Å². The highest BCUT2D eigenvalue weighted by atomic mass is 35.5. The van der Waals surface area contributed by atoms with E-state index in [0.717, 1.165) is 41.9 Å². The van der Waals surface area contributed by atoms with E-state index in [1.54, 1.807) is 0 Å². The van der Waals surface area contributed by atoms with Crippen LogP contribution in [0, 0.1) is 18.7 Å². The number of sulfonamides is 1. The molecule has 190 valence electrons. The Morgan fingerprint density at radius 3 is 2.72 bits per heavy atom. The van der Waals surface area contributed by atoms with Gasteiger partial charge in [0, 0.05) is 31.2 Å². The molecule has 0 saturated carbocycles. The first-order valence-electron chi connectivity index (χ1n) is 11.8. The fourth-order valence-corrected chi connectivity index (χ4v) is 6.21. The Hall–Kier alpha value is -2.65. The molecule has 36 heavy (non-hydrogen) atoms. The Bertz CT molecular complexity index is 1370. The molecule has 0 amide bonds. The molecule has 6 nitrogen and oxygen atoms in total. The van der Waals surface area contributed by atoms with Gasteiger partial charge in [-0.3, -0.25) is 0 Å². The minimum Gasteiger partial charge on any atom is -0.489 e. The molecular weight excluding hydrogens is 505 g/mol. The SMILES string of the molecule is Cc1ccccc1-c1cc2c(c(OC[C@H]3CCOC3)c1)OCCN(S(=O)(=O)c1ccc(F)c(Cl)c1)C2. The number of ether oxygens (including phenoxy) is 3. The fraction of sp³-hybridized carbons (Fsp3) is 0.333. The van der Waals surface area contributed by atoms with E-state index in [1.165, 1.54) is 10.4 Å². The summed E-state index contributed by atoms with van der Waals surface area (Å²) in [7, 11) is -3.95. The van der Waals surface area contributed by atoms with Crippen molar-refractivity contribution in [2.45, 2.75) is 24.8 Å². The van der Waals surface area contributed by atoms with E-state index >= 15 is 0 Å². The summed E-state index contributed by atoms with van der Waals surface area (Å²) in [6, 6.07) is 15.3. The van der Waals surface area contributed by atoms with E-state index < -0.39 is 15.8 Å². The third-order valence-corrected chi connectivity index (χ3v) is 8.68. The lowest BCUT2D eigenvalue weighted by Gasteiger charge is -2.21. The van der Waals surface area contributed by atoms with Crippen molar-refractivity contribution in [2.24, 2.45) is 5.92 Å². The summed E-state index contributed by atoms with van der Waals surface area (Å²) >= 11 is 5.88. The van der Waals surface area contributed by atoms with Crippen LogP contribution in [0.25, 0.3) is 11.1 Å². The maximum Gasteiger partial charge on any atom is 0.243 e. The molecule has 0 spiro atoms. The Morgan fingerprint density at radius 2 is 1.97 bits per heavy atom. The number of hydrogen-bond acceptors (Lipinski definition) is 5. The van der Waals surface area contributed by atoms with Crippen molar-refractivity contribution in [3.63, 3.8) is 0 Å². The molecule has 2 heterocycles. The van der Waals surface area contributed by atoms with E-state index in [-0.39, 0.29) is 29.6 Å². The van der Waals surface area contributed by atoms with Crippen molar-refractivity contribution in [1.82, 2.24) is 4.31 Å². The first-order valence-corrected chi connectivity index (χ1v) is 13.7. The van der Waals surface area contributed by atoms with Crippen molar-refractivity contribution in [3.05, 3.63) is 76.6 Å². The lowest BCUT2D eigenvalue weighted by atomic mass is 9.98. The number of fused-ring (bicyclic) bond motifs is 1. The maximum absolute atomic E-state index is 13.7. The molecule has 0 aromatic heterocycles. The predicted molar refractivity (Wildman–Crippen MR) is 136 cm³/mol. The molecule has 3 aromatic rings. The number of hydrogen-bond donors (Lipinski definition) is 0. The van der Waals surface area contributed by atoms with Crippen molar-refractivity contribution in [2.75, 3.05) is 33.0 Å². The van der Waals surface area contributed by atoms with E-state index in [1.807, 2.05) is 43.3 Å². The van der Waals surface area contributed by atoms with Gasteiger partial charge in [-0.1, -0.05) is 35.9 Å². The zero-order valence-corrected chi connectivity index (χ0v) is 21.4. The molecule has 0 bridgehead atoms. The van der Waals surface area contributed by atoms with Crippen LogP contribution in [0.3, 0.4) is 0 Å². The first kappa shape index (κ1) is 25.0. The summed E-state index contributed by atoms with van der Waals surface area (Å²) in [5.74, 6) is 0.758. The minimum atomic E-state index is -3.95.